The Morgan fingerprint density at radius 2 is 1.40 bits per heavy atom. The average Bonchev–Trinajstić information content (AvgIpc) is 3.36. The van der Waals surface area contributed by atoms with Crippen molar-refractivity contribution in [2.75, 3.05) is 6.61 Å². The Hall–Kier alpha value is -2.57. The number of benzene rings is 3. The number of aliphatic hydroxyl groups is 1. The Morgan fingerprint density at radius 3 is 2.02 bits per heavy atom. The normalized spacial score (nSPS) is 11.9. The van der Waals surface area contributed by atoms with Crippen LogP contribution in [0.5, 0.6) is 5.75 Å². The quantitative estimate of drug-likeness (QED) is 0.0764. The number of halogens is 2. The molecule has 3 aromatic carbocycles. The van der Waals surface area contributed by atoms with Gasteiger partial charge >= 0.3 is 0 Å². The molecule has 0 saturated carbocycles. The molecule has 1 aliphatic rings. The Balaban J connectivity index is 0.000000266. The van der Waals surface area contributed by atoms with Gasteiger partial charge in [-0.1, -0.05) is 60.8 Å². The van der Waals surface area contributed by atoms with Crippen LogP contribution in [0.3, 0.4) is 0 Å². The van der Waals surface area contributed by atoms with Gasteiger partial charge in [-0.15, -0.1) is 33.9 Å². The summed E-state index contributed by atoms with van der Waals surface area (Å²) in [4.78, 5) is 16.1. The number of pyridine rings is 1. The first-order chi connectivity index (χ1) is 22.0. The third kappa shape index (κ3) is 8.41. The van der Waals surface area contributed by atoms with Gasteiger partial charge in [0.05, 0.1) is 16.8 Å². The average molecular weight is 953 g/mol. The van der Waals surface area contributed by atoms with Crippen molar-refractivity contribution < 1.29 is 34.7 Å². The zero-order valence-corrected chi connectivity index (χ0v) is 35.5. The number of nitrogens with zero attached hydrogens (tertiary/aromatic N) is 1. The maximum absolute atomic E-state index is 11.3. The van der Waals surface area contributed by atoms with Crippen molar-refractivity contribution >= 4 is 37.6 Å². The third-order valence-corrected chi connectivity index (χ3v) is 11.4. The topological polar surface area (TPSA) is 59.4 Å². The number of allylic oxidation sites excluding steroid dienone is 2. The molecular weight excluding hydrogens is 906 g/mol. The summed E-state index contributed by atoms with van der Waals surface area (Å²) in [5, 5.41) is 9.91. The monoisotopic (exact) mass is 951 g/mol. The van der Waals surface area contributed by atoms with Gasteiger partial charge in [0.15, 0.2) is 5.78 Å². The second-order valence-electron chi connectivity index (χ2n) is 12.9. The van der Waals surface area contributed by atoms with Gasteiger partial charge in [0.2, 0.25) is 0 Å². The van der Waals surface area contributed by atoms with Gasteiger partial charge in [-0.3, -0.25) is 4.79 Å². The van der Waals surface area contributed by atoms with Crippen LogP contribution in [0.1, 0.15) is 88.0 Å². The van der Waals surface area contributed by atoms with E-state index in [1.807, 2.05) is 0 Å². The van der Waals surface area contributed by atoms with Gasteiger partial charge in [0.1, 0.15) is 5.75 Å². The van der Waals surface area contributed by atoms with Crippen LogP contribution in [0.25, 0.3) is 22.4 Å². The molecule has 0 amide bonds. The van der Waals surface area contributed by atoms with Crippen molar-refractivity contribution in [1.29, 1.82) is 0 Å². The molecule has 0 unspecified atom stereocenters. The molecule has 0 atom stereocenters. The Bertz CT molecular complexity index is 1870. The first kappa shape index (κ1) is 39.9. The minimum absolute atomic E-state index is 0. The van der Waals surface area contributed by atoms with Crippen molar-refractivity contribution in [3.63, 3.8) is 0 Å². The molecule has 1 aliphatic carbocycles. The molecule has 0 fully saturated rings. The van der Waals surface area contributed by atoms with Gasteiger partial charge in [0.25, 0.3) is 0 Å². The summed E-state index contributed by atoms with van der Waals surface area (Å²) in [7, 11) is 0. The molecule has 1 heterocycles. The van der Waals surface area contributed by atoms with E-state index < -0.39 is 0 Å². The van der Waals surface area contributed by atoms with E-state index in [4.69, 9.17) is 9.72 Å². The number of rotatable bonds is 7. The number of Topliss-reactive ketones (excluding diaryl/α,β-unsaturated/α-hetero) is 1. The number of carbonyl (C=O) groups is 1. The number of carbonyl (C=O) groups excluding carboxylic acids is 1. The van der Waals surface area contributed by atoms with Crippen LogP contribution in [-0.4, -0.2) is 22.5 Å². The summed E-state index contributed by atoms with van der Waals surface area (Å²) < 4.78 is 8.02. The van der Waals surface area contributed by atoms with E-state index in [9.17, 15) is 9.90 Å². The summed E-state index contributed by atoms with van der Waals surface area (Å²) in [6, 6.07) is 12.2. The third-order valence-electron chi connectivity index (χ3n) is 9.90. The predicted octanol–water partition coefficient (Wildman–Crippen LogP) is 11.7. The molecular formula is C41H46Br2IrNO3-. The SMILES string of the molecule is CC(=O)/C(C)=C(\O)CCCOc1cc2c(cc1Br)Cc1cc(Br)c(C)cc1-2.Cc1[c-]c(-c2nc(C)c(C)c(C)c2C)c(C)c(C)c1C.[Ir]. The van der Waals surface area contributed by atoms with E-state index in [2.05, 4.69) is 125 Å². The van der Waals surface area contributed by atoms with Crippen LogP contribution in [0.15, 0.2) is 44.5 Å². The van der Waals surface area contributed by atoms with E-state index in [0.717, 1.165) is 38.1 Å². The first-order valence-electron chi connectivity index (χ1n) is 16.1. The minimum atomic E-state index is -0.101. The maximum Gasteiger partial charge on any atom is 0.158 e. The summed E-state index contributed by atoms with van der Waals surface area (Å²) in [5.74, 6) is 0.846. The molecule has 0 saturated heterocycles. The maximum atomic E-state index is 11.3. The Morgan fingerprint density at radius 1 is 0.812 bits per heavy atom. The number of ether oxygens (including phenoxy) is 1. The second kappa shape index (κ2) is 16.4. The van der Waals surface area contributed by atoms with E-state index in [1.165, 1.54) is 73.7 Å². The van der Waals surface area contributed by atoms with Crippen LogP contribution in [0, 0.1) is 68.4 Å². The molecule has 4 aromatic rings. The van der Waals surface area contributed by atoms with E-state index in [0.29, 0.717) is 25.0 Å². The molecule has 1 aromatic heterocycles. The number of aliphatic hydroxyl groups excluding tert-OH is 1. The molecule has 5 rings (SSSR count). The van der Waals surface area contributed by atoms with Gasteiger partial charge in [-0.25, -0.2) is 0 Å². The molecule has 1 radical (unpaired) electrons. The number of fused-ring (bicyclic) bond motifs is 3. The fourth-order valence-corrected chi connectivity index (χ4v) is 6.81. The van der Waals surface area contributed by atoms with Gasteiger partial charge in [-0.05, 0) is 135 Å². The standard InChI is InChI=1S/C22H22Br2O3.C19H24N.Ir/c1-12-7-17-15(9-19(12)23)8-16-10-20(24)22(11-18(16)17)27-6-4-5-21(26)13(2)14(3)25;1-10-9-18(15(6)12(3)11(10)2)19-16(7)13(4)14(5)17(8)20-19;/h7,9-11,26H,4-6,8H2,1-3H3;1-8H3;/q;-1;/b21-13-;;. The second-order valence-corrected chi connectivity index (χ2v) is 14.6. The van der Waals surface area contributed by atoms with Crippen molar-refractivity contribution in [2.45, 2.75) is 95.4 Å². The van der Waals surface area contributed by atoms with Crippen LogP contribution >= 0.6 is 31.9 Å². The van der Waals surface area contributed by atoms with Crippen LogP contribution in [0.4, 0.5) is 0 Å². The number of hydrogen-bond acceptors (Lipinski definition) is 4. The largest absolute Gasteiger partial charge is 0.512 e. The zero-order valence-electron chi connectivity index (χ0n) is 29.9. The Labute approximate surface area is 317 Å². The van der Waals surface area contributed by atoms with Crippen molar-refractivity contribution in [3.8, 4) is 28.1 Å². The van der Waals surface area contributed by atoms with E-state index in [1.54, 1.807) is 6.92 Å². The minimum Gasteiger partial charge on any atom is -0.512 e. The fourth-order valence-electron chi connectivity index (χ4n) is 5.91. The van der Waals surface area contributed by atoms with Crippen molar-refractivity contribution in [1.82, 2.24) is 4.98 Å². The van der Waals surface area contributed by atoms with Gasteiger partial charge in [0, 0.05) is 42.3 Å². The molecule has 257 valence electrons. The van der Waals surface area contributed by atoms with Crippen LogP contribution in [-0.2, 0) is 31.3 Å². The summed E-state index contributed by atoms with van der Waals surface area (Å²) in [6.45, 7) is 22.9. The van der Waals surface area contributed by atoms with Gasteiger partial charge in [-0.2, -0.15) is 0 Å². The summed E-state index contributed by atoms with van der Waals surface area (Å²) >= 11 is 7.23. The molecule has 48 heavy (non-hydrogen) atoms. The number of aromatic nitrogens is 1. The molecule has 0 aliphatic heterocycles. The van der Waals surface area contributed by atoms with E-state index in [-0.39, 0.29) is 31.6 Å². The van der Waals surface area contributed by atoms with Crippen molar-refractivity contribution in [2.24, 2.45) is 0 Å². The van der Waals surface area contributed by atoms with Crippen LogP contribution < -0.4 is 4.74 Å². The Kier molecular flexibility index (Phi) is 13.6. The summed E-state index contributed by atoms with van der Waals surface area (Å²) in [6.07, 6.45) is 2.00. The van der Waals surface area contributed by atoms with Crippen LogP contribution in [0.2, 0.25) is 0 Å². The smallest absolute Gasteiger partial charge is 0.158 e. The zero-order chi connectivity index (χ0) is 34.9. The van der Waals surface area contributed by atoms with Crippen molar-refractivity contribution in [3.05, 3.63) is 112 Å². The molecule has 0 spiro atoms. The fraction of sp³-hybridized carbons (Fsp3) is 0.366. The molecule has 0 bridgehead atoms. The molecule has 4 nitrogen and oxygen atoms in total. The van der Waals surface area contributed by atoms with E-state index >= 15 is 0 Å². The number of ketones is 1. The predicted molar refractivity (Wildman–Crippen MR) is 202 cm³/mol. The molecule has 7 heteroatoms. The first-order valence-corrected chi connectivity index (χ1v) is 17.7. The number of aryl methyl sites for hydroxylation is 3. The summed E-state index contributed by atoms with van der Waals surface area (Å²) in [5.41, 5.74) is 19.2. The molecule has 1 N–H and O–H groups in total. The van der Waals surface area contributed by atoms with Gasteiger partial charge < -0.3 is 14.8 Å². The number of hydrogen-bond donors (Lipinski definition) is 1.